The van der Waals surface area contributed by atoms with E-state index in [0.717, 1.165) is 12.3 Å². The Balaban J connectivity index is 1.44. The van der Waals surface area contributed by atoms with Gasteiger partial charge in [0, 0.05) is 6.42 Å². The van der Waals surface area contributed by atoms with Crippen LogP contribution < -0.4 is 5.32 Å². The number of carbonyl (C=O) groups excluding carboxylic acids is 2. The highest BCUT2D eigenvalue weighted by atomic mass is 16.5. The summed E-state index contributed by atoms with van der Waals surface area (Å²) in [4.78, 5) is 23.8. The number of amides is 1. The van der Waals surface area contributed by atoms with E-state index in [-0.39, 0.29) is 12.6 Å². The Morgan fingerprint density at radius 3 is 2.78 bits per heavy atom. The minimum Gasteiger partial charge on any atom is -0.456 e. The summed E-state index contributed by atoms with van der Waals surface area (Å²) in [5, 5.41) is 11.6. The van der Waals surface area contributed by atoms with Crippen molar-refractivity contribution in [3.63, 3.8) is 0 Å². The van der Waals surface area contributed by atoms with Crippen LogP contribution in [-0.2, 0) is 14.3 Å². The van der Waals surface area contributed by atoms with Crippen molar-refractivity contribution in [2.75, 3.05) is 11.9 Å². The van der Waals surface area contributed by atoms with E-state index in [1.54, 1.807) is 24.3 Å². The summed E-state index contributed by atoms with van der Waals surface area (Å²) in [6, 6.07) is 8.73. The molecule has 0 unspecified atom stereocenters. The molecule has 3 atom stereocenters. The number of rotatable bonds is 5. The Hall–Kier alpha value is -2.35. The fourth-order valence-electron chi connectivity index (χ4n) is 3.92. The lowest BCUT2D eigenvalue weighted by Gasteiger charge is -2.20. The summed E-state index contributed by atoms with van der Waals surface area (Å²) < 4.78 is 5.09. The predicted molar refractivity (Wildman–Crippen MR) is 84.3 cm³/mol. The van der Waals surface area contributed by atoms with Gasteiger partial charge in [-0.05, 0) is 49.1 Å². The van der Waals surface area contributed by atoms with Crippen molar-refractivity contribution in [1.82, 2.24) is 0 Å². The zero-order valence-corrected chi connectivity index (χ0v) is 13.0. The van der Waals surface area contributed by atoms with Gasteiger partial charge in [-0.15, -0.1) is 0 Å². The molecule has 3 rings (SSSR count). The SMILES string of the molecule is N#Cc1ccccc1NC(=O)COC(=O)C[C@H]1C[C@@H]2CC[C@H]1C2. The van der Waals surface area contributed by atoms with Crippen LogP contribution in [0.5, 0.6) is 0 Å². The highest BCUT2D eigenvalue weighted by molar-refractivity contribution is 5.93. The quantitative estimate of drug-likeness (QED) is 0.848. The van der Waals surface area contributed by atoms with Crippen molar-refractivity contribution < 1.29 is 14.3 Å². The van der Waals surface area contributed by atoms with Crippen LogP contribution >= 0.6 is 0 Å². The third kappa shape index (κ3) is 3.70. The summed E-state index contributed by atoms with van der Waals surface area (Å²) in [6.45, 7) is -0.306. The zero-order chi connectivity index (χ0) is 16.2. The molecule has 0 aromatic heterocycles. The van der Waals surface area contributed by atoms with Crippen molar-refractivity contribution in [3.8, 4) is 6.07 Å². The Kier molecular flexibility index (Phi) is 4.61. The number of hydrogen-bond donors (Lipinski definition) is 1. The van der Waals surface area contributed by atoms with Crippen LogP contribution in [0.3, 0.4) is 0 Å². The van der Waals surface area contributed by atoms with Crippen molar-refractivity contribution in [2.45, 2.75) is 32.1 Å². The van der Waals surface area contributed by atoms with Gasteiger partial charge >= 0.3 is 5.97 Å². The van der Waals surface area contributed by atoms with E-state index in [1.165, 1.54) is 19.3 Å². The molecule has 0 aliphatic heterocycles. The number of carbonyl (C=O) groups is 2. The fourth-order valence-corrected chi connectivity index (χ4v) is 3.92. The normalized spacial score (nSPS) is 24.9. The Bertz CT molecular complexity index is 650. The number of nitriles is 1. The largest absolute Gasteiger partial charge is 0.456 e. The molecule has 0 heterocycles. The second-order valence-corrected chi connectivity index (χ2v) is 6.51. The summed E-state index contributed by atoms with van der Waals surface area (Å²) in [5.74, 6) is 1.18. The summed E-state index contributed by atoms with van der Waals surface area (Å²) >= 11 is 0. The molecule has 0 saturated heterocycles. The van der Waals surface area contributed by atoms with E-state index in [2.05, 4.69) is 5.32 Å². The van der Waals surface area contributed by atoms with Gasteiger partial charge in [0.2, 0.25) is 0 Å². The molecule has 5 heteroatoms. The van der Waals surface area contributed by atoms with Crippen LogP contribution in [0.25, 0.3) is 0 Å². The molecule has 120 valence electrons. The molecule has 5 nitrogen and oxygen atoms in total. The summed E-state index contributed by atoms with van der Waals surface area (Å²) in [6.07, 6.45) is 5.33. The minimum atomic E-state index is -0.422. The standard InChI is InChI=1S/C18H20N2O3/c19-10-14-3-1-2-4-16(14)20-17(21)11-23-18(22)9-15-8-12-5-6-13(15)7-12/h1-4,12-13,15H,5-9,11H2,(H,20,21)/t12-,13+,15-/m1/s1. The summed E-state index contributed by atoms with van der Waals surface area (Å²) in [7, 11) is 0. The van der Waals surface area contributed by atoms with Gasteiger partial charge in [-0.1, -0.05) is 18.6 Å². The van der Waals surface area contributed by atoms with E-state index in [4.69, 9.17) is 10.00 Å². The number of nitrogens with one attached hydrogen (secondary N) is 1. The number of benzene rings is 1. The Labute approximate surface area is 135 Å². The minimum absolute atomic E-state index is 0.300. The monoisotopic (exact) mass is 312 g/mol. The maximum absolute atomic E-state index is 11.9. The van der Waals surface area contributed by atoms with Gasteiger partial charge in [-0.2, -0.15) is 5.26 Å². The summed E-state index contributed by atoms with van der Waals surface area (Å²) in [5.41, 5.74) is 0.818. The second-order valence-electron chi connectivity index (χ2n) is 6.51. The van der Waals surface area contributed by atoms with E-state index in [0.29, 0.717) is 29.5 Å². The Morgan fingerprint density at radius 1 is 1.26 bits per heavy atom. The van der Waals surface area contributed by atoms with Crippen LogP contribution in [-0.4, -0.2) is 18.5 Å². The van der Waals surface area contributed by atoms with Gasteiger partial charge in [0.25, 0.3) is 5.91 Å². The van der Waals surface area contributed by atoms with Crippen LogP contribution in [0.1, 0.15) is 37.7 Å². The average molecular weight is 312 g/mol. The van der Waals surface area contributed by atoms with Crippen LogP contribution in [0.4, 0.5) is 5.69 Å². The number of hydrogen-bond acceptors (Lipinski definition) is 4. The van der Waals surface area contributed by atoms with Crippen molar-refractivity contribution in [2.24, 2.45) is 17.8 Å². The number of esters is 1. The number of anilines is 1. The number of ether oxygens (including phenoxy) is 1. The molecule has 1 N–H and O–H groups in total. The van der Waals surface area contributed by atoms with Crippen LogP contribution in [0.15, 0.2) is 24.3 Å². The first-order valence-corrected chi connectivity index (χ1v) is 8.10. The van der Waals surface area contributed by atoms with Gasteiger partial charge in [-0.25, -0.2) is 0 Å². The van der Waals surface area contributed by atoms with E-state index >= 15 is 0 Å². The first kappa shape index (κ1) is 15.5. The number of nitrogens with zero attached hydrogens (tertiary/aromatic N) is 1. The molecule has 23 heavy (non-hydrogen) atoms. The highest BCUT2D eigenvalue weighted by Crippen LogP contribution is 2.49. The van der Waals surface area contributed by atoms with E-state index in [9.17, 15) is 9.59 Å². The molecule has 2 fully saturated rings. The van der Waals surface area contributed by atoms with E-state index in [1.807, 2.05) is 6.07 Å². The molecule has 1 aromatic carbocycles. The van der Waals surface area contributed by atoms with Gasteiger partial charge in [0.1, 0.15) is 6.07 Å². The van der Waals surface area contributed by atoms with Gasteiger partial charge < -0.3 is 10.1 Å². The molecule has 2 saturated carbocycles. The maximum atomic E-state index is 11.9. The lowest BCUT2D eigenvalue weighted by atomic mass is 9.86. The van der Waals surface area contributed by atoms with Crippen LogP contribution in [0, 0.1) is 29.1 Å². The third-order valence-electron chi connectivity index (χ3n) is 5.00. The predicted octanol–water partition coefficient (Wildman–Crippen LogP) is 2.87. The van der Waals surface area contributed by atoms with Crippen molar-refractivity contribution >= 4 is 17.6 Å². The molecule has 0 spiro atoms. The number of fused-ring (bicyclic) bond motifs is 2. The second kappa shape index (κ2) is 6.82. The van der Waals surface area contributed by atoms with Crippen molar-refractivity contribution in [1.29, 1.82) is 5.26 Å². The molecule has 2 aliphatic carbocycles. The highest BCUT2D eigenvalue weighted by Gasteiger charge is 2.40. The first-order chi connectivity index (χ1) is 11.2. The van der Waals surface area contributed by atoms with E-state index < -0.39 is 5.91 Å². The van der Waals surface area contributed by atoms with Crippen molar-refractivity contribution in [3.05, 3.63) is 29.8 Å². The molecular weight excluding hydrogens is 292 g/mol. The van der Waals surface area contributed by atoms with Gasteiger partial charge in [0.15, 0.2) is 6.61 Å². The molecule has 1 amide bonds. The number of para-hydroxylation sites is 1. The lowest BCUT2D eigenvalue weighted by Crippen LogP contribution is -2.23. The molecule has 0 radical (unpaired) electrons. The van der Waals surface area contributed by atoms with Gasteiger partial charge in [-0.3, -0.25) is 9.59 Å². The van der Waals surface area contributed by atoms with Crippen LogP contribution in [0.2, 0.25) is 0 Å². The average Bonchev–Trinajstić information content (AvgIpc) is 3.16. The maximum Gasteiger partial charge on any atom is 0.306 e. The lowest BCUT2D eigenvalue weighted by molar-refractivity contribution is -0.148. The first-order valence-electron chi connectivity index (χ1n) is 8.10. The smallest absolute Gasteiger partial charge is 0.306 e. The van der Waals surface area contributed by atoms with Gasteiger partial charge in [0.05, 0.1) is 11.3 Å². The Morgan fingerprint density at radius 2 is 2.09 bits per heavy atom. The topological polar surface area (TPSA) is 79.2 Å². The molecular formula is C18H20N2O3. The fraction of sp³-hybridized carbons (Fsp3) is 0.500. The molecule has 1 aromatic rings. The third-order valence-corrected chi connectivity index (χ3v) is 5.00. The molecule has 2 aliphatic rings. The molecule has 2 bridgehead atoms. The zero-order valence-electron chi connectivity index (χ0n) is 13.0.